The van der Waals surface area contributed by atoms with Gasteiger partial charge in [0.05, 0.1) is 0 Å². The van der Waals surface area contributed by atoms with Crippen molar-refractivity contribution in [3.05, 3.63) is 209 Å². The minimum Gasteiger partial charge on any atom is -0.115 e. The highest BCUT2D eigenvalue weighted by Crippen LogP contribution is 2.86. The number of hydrogen-bond donors (Lipinski definition) is 0. The minimum atomic E-state index is -0.519. The molecule has 8 aliphatic carbocycles. The highest BCUT2D eigenvalue weighted by molar-refractivity contribution is 5.60. The predicted molar refractivity (Wildman–Crippen MR) is 324 cm³/mol. The third kappa shape index (κ3) is 7.42. The van der Waals surface area contributed by atoms with Crippen LogP contribution in [-0.4, -0.2) is 0 Å². The van der Waals surface area contributed by atoms with Crippen molar-refractivity contribution in [2.45, 2.75) is 110 Å². The average molecular weight is 1020 g/mol. The van der Waals surface area contributed by atoms with Crippen LogP contribution in [0.15, 0.2) is 109 Å². The van der Waals surface area contributed by atoms with Crippen molar-refractivity contribution in [3.63, 3.8) is 0 Å². The van der Waals surface area contributed by atoms with Crippen molar-refractivity contribution in [2.75, 3.05) is 0 Å². The van der Waals surface area contributed by atoms with E-state index in [1.807, 2.05) is 36.4 Å². The fourth-order valence-electron chi connectivity index (χ4n) is 18.8. The van der Waals surface area contributed by atoms with Crippen LogP contribution in [0.3, 0.4) is 0 Å². The van der Waals surface area contributed by atoms with Crippen LogP contribution < -0.4 is 0 Å². The summed E-state index contributed by atoms with van der Waals surface area (Å²) in [6.07, 6.45) is 86.4. The largest absolute Gasteiger partial charge is 0.115 e. The molecule has 0 N–H and O–H groups in total. The first-order valence-corrected chi connectivity index (χ1v) is 27.1. The molecule has 6 aromatic rings. The molecule has 0 unspecified atom stereocenters. The Kier molecular flexibility index (Phi) is 11.3. The van der Waals surface area contributed by atoms with Gasteiger partial charge in [0.2, 0.25) is 0 Å². The van der Waals surface area contributed by atoms with Gasteiger partial charge < -0.3 is 0 Å². The van der Waals surface area contributed by atoms with E-state index in [-0.39, 0.29) is 0 Å². The van der Waals surface area contributed by atoms with Crippen molar-refractivity contribution in [1.82, 2.24) is 0 Å². The zero-order valence-corrected chi connectivity index (χ0v) is 44.8. The summed E-state index contributed by atoms with van der Waals surface area (Å²) in [4.78, 5) is 0. The van der Waals surface area contributed by atoms with Crippen LogP contribution in [0.25, 0.3) is 0 Å². The minimum absolute atomic E-state index is 0.464. The summed E-state index contributed by atoms with van der Waals surface area (Å²) in [5, 5.41) is 0. The van der Waals surface area contributed by atoms with E-state index in [4.69, 9.17) is 77.1 Å². The van der Waals surface area contributed by atoms with Crippen LogP contribution in [0.2, 0.25) is 0 Å². The van der Waals surface area contributed by atoms with Crippen LogP contribution in [0.1, 0.15) is 177 Å². The Hall–Kier alpha value is -9.96. The standard InChI is InChI=1S/C80H54/c1-13-55-25-56(14-2)32-67(31-55)73-43-74(68-33-57(15-3)26-58(16-4)34-68)45-75(44-73,69-35-59(17-5)27-60(18-6)36-69)51-79(49-73,50-74)80-52-76(70-37-61(19-7)28-62(20-8)38-70)46-77(53-80,71-39-63(21-9)29-64(22-10)40-71)48-78(47-76,54-80)72-41-65(23-11)30-66(24-12)42-72/h1-12,25-42H,43-54H2. The summed E-state index contributed by atoms with van der Waals surface area (Å²) in [5.41, 5.74) is 11.5. The van der Waals surface area contributed by atoms with Gasteiger partial charge in [-0.1, -0.05) is 71.0 Å². The van der Waals surface area contributed by atoms with Crippen molar-refractivity contribution in [3.8, 4) is 148 Å². The third-order valence-corrected chi connectivity index (χ3v) is 20.5. The van der Waals surface area contributed by atoms with Crippen LogP contribution in [0.5, 0.6) is 0 Å². The summed E-state index contributed by atoms with van der Waals surface area (Å²) in [6.45, 7) is 0. The molecule has 80 heavy (non-hydrogen) atoms. The van der Waals surface area contributed by atoms with Crippen molar-refractivity contribution >= 4 is 0 Å². The van der Waals surface area contributed by atoms with Crippen molar-refractivity contribution in [1.29, 1.82) is 0 Å². The Morgan fingerprint density at radius 3 is 0.388 bits per heavy atom. The van der Waals surface area contributed by atoms with E-state index in [1.165, 1.54) is 0 Å². The van der Waals surface area contributed by atoms with E-state index in [0.29, 0.717) is 0 Å². The normalized spacial score (nSPS) is 29.4. The molecule has 8 saturated carbocycles. The molecule has 0 heteroatoms. The molecule has 0 spiro atoms. The van der Waals surface area contributed by atoms with Crippen LogP contribution in [0.4, 0.5) is 0 Å². The molecular formula is C80H54. The maximum Gasteiger partial charge on any atom is 0.0257 e. The van der Waals surface area contributed by atoms with Gasteiger partial charge in [-0.05, 0) is 263 Å². The molecule has 374 valence electrons. The van der Waals surface area contributed by atoms with E-state index in [0.717, 1.165) is 177 Å². The molecule has 6 aromatic carbocycles. The first-order chi connectivity index (χ1) is 38.5. The number of terminal acetylenes is 12. The monoisotopic (exact) mass is 1010 g/mol. The van der Waals surface area contributed by atoms with Crippen LogP contribution in [0, 0.1) is 159 Å². The molecule has 0 heterocycles. The summed E-state index contributed by atoms with van der Waals surface area (Å²) in [7, 11) is 0. The molecule has 0 aromatic heterocycles. The van der Waals surface area contributed by atoms with E-state index >= 15 is 0 Å². The lowest BCUT2D eigenvalue weighted by Crippen LogP contribution is -2.75. The number of rotatable bonds is 7. The maximum atomic E-state index is 6.39. The molecule has 8 fully saturated rings. The van der Waals surface area contributed by atoms with Crippen LogP contribution >= 0.6 is 0 Å². The Morgan fingerprint density at radius 1 is 0.175 bits per heavy atom. The molecule has 0 aliphatic heterocycles. The number of hydrogen-bond acceptors (Lipinski definition) is 0. The van der Waals surface area contributed by atoms with Gasteiger partial charge in [-0.2, -0.15) is 0 Å². The fourth-order valence-corrected chi connectivity index (χ4v) is 18.8. The summed E-state index contributed by atoms with van der Waals surface area (Å²) < 4.78 is 0. The molecule has 0 amide bonds. The van der Waals surface area contributed by atoms with Crippen molar-refractivity contribution in [2.24, 2.45) is 10.8 Å². The lowest BCUT2D eigenvalue weighted by molar-refractivity contribution is -0.237. The summed E-state index contributed by atoms with van der Waals surface area (Å²) in [6, 6.07) is 38.2. The molecule has 0 nitrogen and oxygen atoms in total. The Morgan fingerprint density at radius 2 is 0.287 bits per heavy atom. The molecule has 0 atom stereocenters. The fraction of sp³-hybridized carbons (Fsp3) is 0.250. The second-order valence-corrected chi connectivity index (χ2v) is 24.9. The second kappa shape index (κ2) is 17.8. The van der Waals surface area contributed by atoms with Gasteiger partial charge in [-0.3, -0.25) is 0 Å². The quantitative estimate of drug-likeness (QED) is 0.140. The number of benzene rings is 6. The van der Waals surface area contributed by atoms with E-state index in [9.17, 15) is 0 Å². The molecule has 8 bridgehead atoms. The van der Waals surface area contributed by atoms with Gasteiger partial charge in [0.15, 0.2) is 0 Å². The molecule has 0 saturated heterocycles. The Labute approximate surface area is 475 Å². The van der Waals surface area contributed by atoms with Crippen LogP contribution in [-0.2, 0) is 32.5 Å². The second-order valence-electron chi connectivity index (χ2n) is 24.9. The van der Waals surface area contributed by atoms with Gasteiger partial charge in [0.1, 0.15) is 0 Å². The maximum absolute atomic E-state index is 6.39. The van der Waals surface area contributed by atoms with Gasteiger partial charge in [-0.25, -0.2) is 0 Å². The summed E-state index contributed by atoms with van der Waals surface area (Å²) in [5.74, 6) is 35.9. The van der Waals surface area contributed by atoms with Crippen molar-refractivity contribution < 1.29 is 0 Å². The zero-order valence-electron chi connectivity index (χ0n) is 44.8. The highest BCUT2D eigenvalue weighted by Gasteiger charge is 2.79. The molecular weight excluding hydrogens is 961 g/mol. The third-order valence-electron chi connectivity index (χ3n) is 20.5. The average Bonchev–Trinajstić information content (AvgIpc) is 3.62. The SMILES string of the molecule is C#Cc1cc(C#C)cc(C23CC4(c5cc(C#C)cc(C#C)c5)CC(c5cc(C#C)cc(C#C)c5)(C2)CC(C25CC6(c7cc(C#C)cc(C#C)c7)CC(c7cc(C#C)cc(C#C)c7)(CC(c7cc(C#C)cc(C#C)c7)(C6)C2)C5)(C3)C4)c1. The van der Waals surface area contributed by atoms with Gasteiger partial charge in [-0.15, -0.1) is 77.1 Å². The first kappa shape index (κ1) is 50.8. The van der Waals surface area contributed by atoms with Gasteiger partial charge in [0.25, 0.3) is 0 Å². The van der Waals surface area contributed by atoms with E-state index in [1.54, 1.807) is 0 Å². The molecule has 0 radical (unpaired) electrons. The van der Waals surface area contributed by atoms with E-state index in [2.05, 4.69) is 144 Å². The van der Waals surface area contributed by atoms with Gasteiger partial charge >= 0.3 is 0 Å². The molecule has 14 rings (SSSR count). The Bertz CT molecular complexity index is 3400. The zero-order chi connectivity index (χ0) is 56.1. The highest BCUT2D eigenvalue weighted by atomic mass is 14.8. The molecule has 8 aliphatic rings. The topological polar surface area (TPSA) is 0 Å². The first-order valence-electron chi connectivity index (χ1n) is 27.1. The van der Waals surface area contributed by atoms with Gasteiger partial charge in [0, 0.05) is 66.8 Å². The van der Waals surface area contributed by atoms with E-state index < -0.39 is 43.3 Å². The summed E-state index contributed by atoms with van der Waals surface area (Å²) >= 11 is 0. The smallest absolute Gasteiger partial charge is 0.0257 e. The predicted octanol–water partition coefficient (Wildman–Crippen LogP) is 13.1. The lowest BCUT2D eigenvalue weighted by Gasteiger charge is -2.81. The Balaban J connectivity index is 1.26. The lowest BCUT2D eigenvalue weighted by atomic mass is 9.23.